The standard InChI is InChI=1S/C24H24F2N4O2/c1-2-11-24(25,26)18-8-6-7-16(12-18)20-14-21(28-23(32)17-13-22(31)27-15-17)29-30(20)19-9-4-3-5-10-19/h3-10,12,14,17H,2,11,13,15H2,1H3,(H,27,31)(H,28,29,32). The molecular formula is C24H24F2N4O2. The van der Waals surface area contributed by atoms with E-state index in [9.17, 15) is 18.4 Å². The van der Waals surface area contributed by atoms with Gasteiger partial charge in [-0.2, -0.15) is 0 Å². The zero-order chi connectivity index (χ0) is 22.7. The molecule has 0 radical (unpaired) electrons. The molecule has 166 valence electrons. The number of benzene rings is 2. The Kier molecular flexibility index (Phi) is 6.03. The predicted octanol–water partition coefficient (Wildman–Crippen LogP) is 4.51. The van der Waals surface area contributed by atoms with Gasteiger partial charge in [-0.3, -0.25) is 9.59 Å². The summed E-state index contributed by atoms with van der Waals surface area (Å²) in [6.45, 7) is 2.01. The minimum Gasteiger partial charge on any atom is -0.355 e. The number of hydrogen-bond acceptors (Lipinski definition) is 3. The first kappa shape index (κ1) is 21.7. The summed E-state index contributed by atoms with van der Waals surface area (Å²) in [4.78, 5) is 24.0. The SMILES string of the molecule is CCCC(F)(F)c1cccc(-c2cc(NC(=O)C3CNC(=O)C3)nn2-c2ccccc2)c1. The van der Waals surface area contributed by atoms with Crippen LogP contribution in [0.4, 0.5) is 14.6 Å². The Morgan fingerprint density at radius 3 is 2.66 bits per heavy atom. The Labute approximate surface area is 184 Å². The van der Waals surface area contributed by atoms with Crippen LogP contribution in [0.25, 0.3) is 16.9 Å². The first-order valence-electron chi connectivity index (χ1n) is 10.6. The molecule has 0 aliphatic carbocycles. The maximum atomic E-state index is 14.5. The number of aromatic nitrogens is 2. The van der Waals surface area contributed by atoms with Gasteiger partial charge in [0, 0.05) is 36.6 Å². The smallest absolute Gasteiger partial charge is 0.273 e. The van der Waals surface area contributed by atoms with Crippen molar-refractivity contribution in [2.45, 2.75) is 32.1 Å². The molecule has 2 heterocycles. The van der Waals surface area contributed by atoms with Gasteiger partial charge in [0.25, 0.3) is 5.92 Å². The Balaban J connectivity index is 1.71. The first-order chi connectivity index (χ1) is 15.4. The monoisotopic (exact) mass is 438 g/mol. The molecular weight excluding hydrogens is 414 g/mol. The zero-order valence-electron chi connectivity index (χ0n) is 17.6. The van der Waals surface area contributed by atoms with Gasteiger partial charge in [0.1, 0.15) is 0 Å². The summed E-state index contributed by atoms with van der Waals surface area (Å²) in [5.41, 5.74) is 1.80. The molecule has 0 spiro atoms. The van der Waals surface area contributed by atoms with Crippen molar-refractivity contribution in [1.29, 1.82) is 0 Å². The number of halogens is 2. The molecule has 0 bridgehead atoms. The van der Waals surface area contributed by atoms with E-state index in [0.717, 1.165) is 5.69 Å². The lowest BCUT2D eigenvalue weighted by atomic mass is 10.0. The average Bonchev–Trinajstić information content (AvgIpc) is 3.41. The minimum atomic E-state index is -2.93. The van der Waals surface area contributed by atoms with Gasteiger partial charge in [-0.1, -0.05) is 49.7 Å². The van der Waals surface area contributed by atoms with Crippen LogP contribution in [0.2, 0.25) is 0 Å². The molecule has 1 fully saturated rings. The average molecular weight is 438 g/mol. The number of nitrogens with zero attached hydrogens (tertiary/aromatic N) is 2. The number of alkyl halides is 2. The number of carbonyl (C=O) groups is 2. The topological polar surface area (TPSA) is 76.0 Å². The van der Waals surface area contributed by atoms with Gasteiger partial charge >= 0.3 is 0 Å². The molecule has 1 unspecified atom stereocenters. The van der Waals surface area contributed by atoms with Crippen LogP contribution in [-0.2, 0) is 15.5 Å². The van der Waals surface area contributed by atoms with Crippen LogP contribution < -0.4 is 10.6 Å². The van der Waals surface area contributed by atoms with Gasteiger partial charge < -0.3 is 10.6 Å². The van der Waals surface area contributed by atoms with E-state index in [4.69, 9.17) is 0 Å². The molecule has 3 aromatic rings. The molecule has 0 saturated carbocycles. The van der Waals surface area contributed by atoms with Crippen LogP contribution in [0.15, 0.2) is 60.7 Å². The quantitative estimate of drug-likeness (QED) is 0.570. The van der Waals surface area contributed by atoms with E-state index in [1.165, 1.54) is 12.1 Å². The Morgan fingerprint density at radius 1 is 1.19 bits per heavy atom. The highest BCUT2D eigenvalue weighted by molar-refractivity contribution is 5.97. The van der Waals surface area contributed by atoms with Crippen molar-refractivity contribution in [1.82, 2.24) is 15.1 Å². The fourth-order valence-corrected chi connectivity index (χ4v) is 3.80. The van der Waals surface area contributed by atoms with E-state index in [2.05, 4.69) is 15.7 Å². The van der Waals surface area contributed by atoms with Crippen molar-refractivity contribution in [2.24, 2.45) is 5.92 Å². The third-order valence-corrected chi connectivity index (χ3v) is 5.45. The summed E-state index contributed by atoms with van der Waals surface area (Å²) < 4.78 is 30.7. The van der Waals surface area contributed by atoms with Crippen LogP contribution in [0.5, 0.6) is 0 Å². The Hall–Kier alpha value is -3.55. The predicted molar refractivity (Wildman–Crippen MR) is 118 cm³/mol. The molecule has 2 amide bonds. The molecule has 1 aliphatic rings. The molecule has 8 heteroatoms. The van der Waals surface area contributed by atoms with E-state index in [1.54, 1.807) is 29.8 Å². The van der Waals surface area contributed by atoms with E-state index in [0.29, 0.717) is 23.5 Å². The number of amides is 2. The van der Waals surface area contributed by atoms with Gasteiger partial charge in [0.2, 0.25) is 11.8 Å². The summed E-state index contributed by atoms with van der Waals surface area (Å²) in [5, 5.41) is 9.90. The first-order valence-corrected chi connectivity index (χ1v) is 10.6. The van der Waals surface area contributed by atoms with Crippen LogP contribution >= 0.6 is 0 Å². The third-order valence-electron chi connectivity index (χ3n) is 5.45. The highest BCUT2D eigenvalue weighted by Crippen LogP contribution is 2.36. The highest BCUT2D eigenvalue weighted by atomic mass is 19.3. The number of anilines is 1. The van der Waals surface area contributed by atoms with Crippen molar-refractivity contribution < 1.29 is 18.4 Å². The number of rotatable bonds is 7. The molecule has 4 rings (SSSR count). The largest absolute Gasteiger partial charge is 0.355 e. The summed E-state index contributed by atoms with van der Waals surface area (Å²) in [6, 6.07) is 17.2. The van der Waals surface area contributed by atoms with Crippen LogP contribution in [-0.4, -0.2) is 28.1 Å². The molecule has 1 aromatic heterocycles. The fourth-order valence-electron chi connectivity index (χ4n) is 3.80. The Morgan fingerprint density at radius 2 is 1.97 bits per heavy atom. The van der Waals surface area contributed by atoms with Crippen LogP contribution in [0, 0.1) is 5.92 Å². The van der Waals surface area contributed by atoms with Gasteiger partial charge in [0.15, 0.2) is 5.82 Å². The minimum absolute atomic E-state index is 0.0567. The number of nitrogens with one attached hydrogen (secondary N) is 2. The lowest BCUT2D eigenvalue weighted by molar-refractivity contribution is -0.123. The van der Waals surface area contributed by atoms with Gasteiger partial charge in [-0.05, 0) is 18.2 Å². The molecule has 2 aromatic carbocycles. The fraction of sp³-hybridized carbons (Fsp3) is 0.292. The lowest BCUT2D eigenvalue weighted by Gasteiger charge is -2.17. The lowest BCUT2D eigenvalue weighted by Crippen LogP contribution is -2.24. The highest BCUT2D eigenvalue weighted by Gasteiger charge is 2.31. The van der Waals surface area contributed by atoms with Gasteiger partial charge in [-0.15, -0.1) is 5.10 Å². The van der Waals surface area contributed by atoms with E-state index < -0.39 is 11.8 Å². The number of carbonyl (C=O) groups excluding carboxylic acids is 2. The number of hydrogen-bond donors (Lipinski definition) is 2. The van der Waals surface area contributed by atoms with E-state index in [-0.39, 0.29) is 36.8 Å². The summed E-state index contributed by atoms with van der Waals surface area (Å²) in [6.07, 6.45) is 0.268. The molecule has 1 saturated heterocycles. The Bertz CT molecular complexity index is 1130. The summed E-state index contributed by atoms with van der Waals surface area (Å²) in [7, 11) is 0. The van der Waals surface area contributed by atoms with Crippen molar-refractivity contribution in [2.75, 3.05) is 11.9 Å². The third kappa shape index (κ3) is 4.54. The maximum Gasteiger partial charge on any atom is 0.273 e. The second kappa shape index (κ2) is 8.90. The van der Waals surface area contributed by atoms with Crippen LogP contribution in [0.3, 0.4) is 0 Å². The number of para-hydroxylation sites is 1. The van der Waals surface area contributed by atoms with Crippen LogP contribution in [0.1, 0.15) is 31.7 Å². The summed E-state index contributed by atoms with van der Waals surface area (Å²) in [5.74, 6) is -3.58. The molecule has 32 heavy (non-hydrogen) atoms. The van der Waals surface area contributed by atoms with Crippen molar-refractivity contribution in [3.8, 4) is 16.9 Å². The normalized spacial score (nSPS) is 16.1. The molecule has 6 nitrogen and oxygen atoms in total. The molecule has 1 atom stereocenters. The van der Waals surface area contributed by atoms with Gasteiger partial charge in [-0.25, -0.2) is 13.5 Å². The van der Waals surface area contributed by atoms with E-state index >= 15 is 0 Å². The second-order valence-corrected chi connectivity index (χ2v) is 7.89. The van der Waals surface area contributed by atoms with Gasteiger partial charge in [0.05, 0.1) is 17.3 Å². The summed E-state index contributed by atoms with van der Waals surface area (Å²) >= 11 is 0. The van der Waals surface area contributed by atoms with Crippen molar-refractivity contribution >= 4 is 17.6 Å². The molecule has 1 aliphatic heterocycles. The second-order valence-electron chi connectivity index (χ2n) is 7.89. The van der Waals surface area contributed by atoms with E-state index in [1.807, 2.05) is 30.3 Å². The van der Waals surface area contributed by atoms with Crippen molar-refractivity contribution in [3.63, 3.8) is 0 Å². The van der Waals surface area contributed by atoms with Crippen molar-refractivity contribution in [3.05, 3.63) is 66.2 Å². The maximum absolute atomic E-state index is 14.5. The molecule has 2 N–H and O–H groups in total. The zero-order valence-corrected chi connectivity index (χ0v) is 17.6.